The van der Waals surface area contributed by atoms with Crippen molar-refractivity contribution >= 4 is 17.4 Å². The topological polar surface area (TPSA) is 26.3 Å². The molecule has 0 bridgehead atoms. The highest BCUT2D eigenvalue weighted by Crippen LogP contribution is 2.28. The molecule has 5 heteroatoms. The fourth-order valence-corrected chi connectivity index (χ4v) is 2.09. The Morgan fingerprint density at radius 1 is 1.14 bits per heavy atom. The fourth-order valence-electron chi connectivity index (χ4n) is 1.94. The van der Waals surface area contributed by atoms with Crippen LogP contribution in [0.1, 0.15) is 28.8 Å². The first kappa shape index (κ1) is 14.0. The number of rotatable bonds is 4. The number of hydrogen-bond acceptors (Lipinski definition) is 2. The summed E-state index contributed by atoms with van der Waals surface area (Å²) in [7, 11) is 0. The van der Waals surface area contributed by atoms with Crippen LogP contribution >= 0.6 is 11.6 Å². The highest BCUT2D eigenvalue weighted by molar-refractivity contribution is 6.30. The van der Waals surface area contributed by atoms with Crippen molar-refractivity contribution in [2.75, 3.05) is 0 Å². The molecule has 0 amide bonds. The summed E-state index contributed by atoms with van der Waals surface area (Å²) in [5.74, 6) is -1.73. The highest BCUT2D eigenvalue weighted by Gasteiger charge is 2.24. The Labute approximate surface area is 125 Å². The van der Waals surface area contributed by atoms with Crippen LogP contribution in [0.2, 0.25) is 5.02 Å². The van der Waals surface area contributed by atoms with E-state index in [2.05, 4.69) is 0 Å². The van der Waals surface area contributed by atoms with Crippen LogP contribution in [-0.2, 0) is 0 Å². The number of ether oxygens (including phenoxy) is 1. The van der Waals surface area contributed by atoms with E-state index in [0.717, 1.165) is 25.0 Å². The smallest absolute Gasteiger partial charge is 0.196 e. The van der Waals surface area contributed by atoms with E-state index in [1.165, 1.54) is 12.1 Å². The number of benzene rings is 2. The highest BCUT2D eigenvalue weighted by atomic mass is 35.5. The van der Waals surface area contributed by atoms with Crippen LogP contribution in [0.3, 0.4) is 0 Å². The van der Waals surface area contributed by atoms with Crippen molar-refractivity contribution in [1.82, 2.24) is 0 Å². The molecule has 1 fully saturated rings. The number of carbonyl (C=O) groups excluding carboxylic acids is 1. The van der Waals surface area contributed by atoms with Gasteiger partial charge in [0, 0.05) is 5.56 Å². The van der Waals surface area contributed by atoms with Crippen molar-refractivity contribution < 1.29 is 18.3 Å². The molecular weight excluding hydrogens is 298 g/mol. The summed E-state index contributed by atoms with van der Waals surface area (Å²) in [4.78, 5) is 12.3. The van der Waals surface area contributed by atoms with Gasteiger partial charge < -0.3 is 4.74 Å². The molecule has 0 unspecified atom stereocenters. The summed E-state index contributed by atoms with van der Waals surface area (Å²) < 4.78 is 32.8. The first-order chi connectivity index (χ1) is 10.0. The predicted octanol–water partition coefficient (Wildman–Crippen LogP) is 4.39. The van der Waals surface area contributed by atoms with Gasteiger partial charge in [0.15, 0.2) is 5.78 Å². The molecule has 0 saturated heterocycles. The van der Waals surface area contributed by atoms with Crippen molar-refractivity contribution in [3.05, 3.63) is 64.2 Å². The van der Waals surface area contributed by atoms with Gasteiger partial charge in [0.25, 0.3) is 0 Å². The molecule has 108 valence electrons. The van der Waals surface area contributed by atoms with E-state index in [1.54, 1.807) is 12.1 Å². The minimum atomic E-state index is -0.847. The Hall–Kier alpha value is -1.94. The van der Waals surface area contributed by atoms with E-state index in [-0.39, 0.29) is 22.3 Å². The van der Waals surface area contributed by atoms with Gasteiger partial charge in [-0.2, -0.15) is 0 Å². The lowest BCUT2D eigenvalue weighted by Crippen LogP contribution is -2.06. The number of ketones is 1. The molecule has 1 aliphatic rings. The molecule has 2 nitrogen and oxygen atoms in total. The van der Waals surface area contributed by atoms with Crippen LogP contribution < -0.4 is 4.74 Å². The van der Waals surface area contributed by atoms with E-state index in [0.29, 0.717) is 5.75 Å². The Kier molecular flexibility index (Phi) is 3.64. The Morgan fingerprint density at radius 2 is 1.90 bits per heavy atom. The lowest BCUT2D eigenvalue weighted by molar-refractivity contribution is 0.103. The van der Waals surface area contributed by atoms with Gasteiger partial charge in [-0.3, -0.25) is 4.79 Å². The van der Waals surface area contributed by atoms with Crippen molar-refractivity contribution in [3.8, 4) is 5.75 Å². The first-order valence-electron chi connectivity index (χ1n) is 6.50. The monoisotopic (exact) mass is 308 g/mol. The average molecular weight is 309 g/mol. The molecule has 1 saturated carbocycles. The largest absolute Gasteiger partial charge is 0.490 e. The van der Waals surface area contributed by atoms with E-state index < -0.39 is 17.4 Å². The quantitative estimate of drug-likeness (QED) is 0.618. The fraction of sp³-hybridized carbons (Fsp3) is 0.188. The molecule has 2 aromatic rings. The van der Waals surface area contributed by atoms with E-state index in [4.69, 9.17) is 16.3 Å². The van der Waals surface area contributed by atoms with Crippen LogP contribution in [0.25, 0.3) is 0 Å². The Bertz CT molecular complexity index is 711. The number of carbonyl (C=O) groups is 1. The third-order valence-electron chi connectivity index (χ3n) is 3.18. The lowest BCUT2D eigenvalue weighted by Gasteiger charge is -2.07. The molecule has 0 atom stereocenters. The molecule has 1 aliphatic carbocycles. The predicted molar refractivity (Wildman–Crippen MR) is 74.9 cm³/mol. The minimum absolute atomic E-state index is 0.195. The van der Waals surface area contributed by atoms with Gasteiger partial charge in [0.2, 0.25) is 0 Å². The Morgan fingerprint density at radius 3 is 2.62 bits per heavy atom. The standard InChI is InChI=1S/C16H11ClF2O2/c17-13-8-14(18)12(7-15(13)19)16(20)9-2-1-3-11(6-9)21-10-4-5-10/h1-3,6-8,10H,4-5H2. The van der Waals surface area contributed by atoms with Crippen molar-refractivity contribution in [1.29, 1.82) is 0 Å². The van der Waals surface area contributed by atoms with Crippen LogP contribution in [0.15, 0.2) is 36.4 Å². The zero-order valence-electron chi connectivity index (χ0n) is 10.9. The Balaban J connectivity index is 1.92. The average Bonchev–Trinajstić information content (AvgIpc) is 3.26. The maximum atomic E-state index is 13.8. The van der Waals surface area contributed by atoms with Gasteiger partial charge in [-0.15, -0.1) is 0 Å². The summed E-state index contributed by atoms with van der Waals surface area (Å²) in [5.41, 5.74) is -0.103. The van der Waals surface area contributed by atoms with Gasteiger partial charge in [-0.25, -0.2) is 8.78 Å². The maximum Gasteiger partial charge on any atom is 0.196 e. The molecule has 0 aromatic heterocycles. The number of halogens is 3. The summed E-state index contributed by atoms with van der Waals surface area (Å²) in [6.07, 6.45) is 2.18. The second-order valence-electron chi connectivity index (χ2n) is 4.92. The summed E-state index contributed by atoms with van der Waals surface area (Å²) in [6, 6.07) is 8.06. The van der Waals surface area contributed by atoms with Gasteiger partial charge in [0.1, 0.15) is 17.4 Å². The summed E-state index contributed by atoms with van der Waals surface area (Å²) >= 11 is 5.48. The molecule has 0 N–H and O–H groups in total. The lowest BCUT2D eigenvalue weighted by atomic mass is 10.0. The van der Waals surface area contributed by atoms with Gasteiger partial charge in [-0.1, -0.05) is 23.7 Å². The maximum absolute atomic E-state index is 13.8. The van der Waals surface area contributed by atoms with Gasteiger partial charge in [-0.05, 0) is 37.1 Å². The second-order valence-corrected chi connectivity index (χ2v) is 5.33. The normalized spacial score (nSPS) is 14.0. The second kappa shape index (κ2) is 5.45. The minimum Gasteiger partial charge on any atom is -0.490 e. The molecule has 3 rings (SSSR count). The third kappa shape index (κ3) is 3.05. The van der Waals surface area contributed by atoms with Crippen LogP contribution in [0.5, 0.6) is 5.75 Å². The summed E-state index contributed by atoms with van der Waals surface area (Å²) in [5, 5.41) is -0.352. The zero-order chi connectivity index (χ0) is 15.0. The van der Waals surface area contributed by atoms with Gasteiger partial charge >= 0.3 is 0 Å². The first-order valence-corrected chi connectivity index (χ1v) is 6.88. The number of hydrogen-bond donors (Lipinski definition) is 0. The van der Waals surface area contributed by atoms with Gasteiger partial charge in [0.05, 0.1) is 16.7 Å². The zero-order valence-corrected chi connectivity index (χ0v) is 11.7. The van der Waals surface area contributed by atoms with Crippen LogP contribution in [0, 0.1) is 11.6 Å². The van der Waals surface area contributed by atoms with E-state index >= 15 is 0 Å². The van der Waals surface area contributed by atoms with Crippen molar-refractivity contribution in [3.63, 3.8) is 0 Å². The molecule has 2 aromatic carbocycles. The third-order valence-corrected chi connectivity index (χ3v) is 3.47. The molecule has 0 heterocycles. The van der Waals surface area contributed by atoms with Crippen molar-refractivity contribution in [2.24, 2.45) is 0 Å². The summed E-state index contributed by atoms with van der Waals surface area (Å²) in [6.45, 7) is 0. The van der Waals surface area contributed by atoms with Crippen LogP contribution in [0.4, 0.5) is 8.78 Å². The molecule has 0 spiro atoms. The van der Waals surface area contributed by atoms with E-state index in [9.17, 15) is 13.6 Å². The van der Waals surface area contributed by atoms with E-state index in [1.807, 2.05) is 0 Å². The molecule has 0 aliphatic heterocycles. The molecular formula is C16H11ClF2O2. The SMILES string of the molecule is O=C(c1cccc(OC2CC2)c1)c1cc(F)c(Cl)cc1F. The molecule has 0 radical (unpaired) electrons. The van der Waals surface area contributed by atoms with Crippen LogP contribution in [-0.4, -0.2) is 11.9 Å². The van der Waals surface area contributed by atoms with Crippen molar-refractivity contribution in [2.45, 2.75) is 18.9 Å². The molecule has 21 heavy (non-hydrogen) atoms.